The number of nitrogens with one attached hydrogen (secondary N) is 1. The van der Waals surface area contributed by atoms with Crippen molar-refractivity contribution in [3.05, 3.63) is 35.9 Å². The normalized spacial score (nSPS) is 12.9. The molecule has 0 spiro atoms. The molecule has 1 rings (SSSR count). The Balaban J connectivity index is 2.38. The molecule has 18 heavy (non-hydrogen) atoms. The Labute approximate surface area is 114 Å². The second kappa shape index (κ2) is 6.87. The van der Waals surface area contributed by atoms with E-state index in [1.54, 1.807) is 13.8 Å². The molecule has 0 radical (unpaired) electrons. The molecule has 0 aliphatic heterocycles. The zero-order valence-corrected chi connectivity index (χ0v) is 11.9. The van der Waals surface area contributed by atoms with Crippen LogP contribution in [0.3, 0.4) is 0 Å². The van der Waals surface area contributed by atoms with Gasteiger partial charge in [-0.1, -0.05) is 30.3 Å². The summed E-state index contributed by atoms with van der Waals surface area (Å²) < 4.78 is 16.0. The third-order valence-electron chi connectivity index (χ3n) is 2.13. The van der Waals surface area contributed by atoms with Crippen LogP contribution < -0.4 is 5.32 Å². The Bertz CT molecular complexity index is 384. The number of carbonyl (C=O) groups excluding carboxylic acids is 1. The fourth-order valence-electron chi connectivity index (χ4n) is 1.36. The molecule has 0 saturated carbocycles. The first-order chi connectivity index (χ1) is 8.39. The van der Waals surface area contributed by atoms with Crippen LogP contribution >= 0.6 is 10.7 Å². The van der Waals surface area contributed by atoms with Gasteiger partial charge in [-0.2, -0.15) is 0 Å². The number of ether oxygens (including phenoxy) is 1. The van der Waals surface area contributed by atoms with Gasteiger partial charge in [-0.25, -0.2) is 4.79 Å². The Morgan fingerprint density at radius 1 is 1.44 bits per heavy atom. The summed E-state index contributed by atoms with van der Waals surface area (Å²) in [5.74, 6) is 0.162. The third-order valence-corrected chi connectivity index (χ3v) is 3.40. The molecule has 4 nitrogen and oxygen atoms in total. The predicted molar refractivity (Wildman–Crippen MR) is 72.7 cm³/mol. The first-order valence-corrected chi connectivity index (χ1v) is 7.57. The number of benzene rings is 1. The maximum atomic E-state index is 11.5. The van der Waals surface area contributed by atoms with E-state index in [-0.39, 0.29) is 12.4 Å². The lowest BCUT2D eigenvalue weighted by Gasteiger charge is -2.23. The highest BCUT2D eigenvalue weighted by Crippen LogP contribution is 2.11. The van der Waals surface area contributed by atoms with E-state index in [2.05, 4.69) is 5.32 Å². The van der Waals surface area contributed by atoms with E-state index in [4.69, 9.17) is 15.4 Å². The molecule has 0 aliphatic carbocycles. The first-order valence-electron chi connectivity index (χ1n) is 5.42. The third kappa shape index (κ3) is 6.14. The van der Waals surface area contributed by atoms with Gasteiger partial charge in [-0.05, 0) is 19.4 Å². The van der Waals surface area contributed by atoms with Crippen molar-refractivity contribution in [1.82, 2.24) is 5.32 Å². The van der Waals surface area contributed by atoms with E-state index in [1.807, 2.05) is 30.3 Å². The molecule has 0 aliphatic rings. The van der Waals surface area contributed by atoms with Crippen molar-refractivity contribution in [2.75, 3.05) is 5.75 Å². The molecule has 1 aromatic carbocycles. The zero-order valence-electron chi connectivity index (χ0n) is 10.3. The molecule has 1 aromatic rings. The van der Waals surface area contributed by atoms with Crippen molar-refractivity contribution < 1.29 is 14.1 Å². The molecular weight excluding hydrogens is 274 g/mol. The number of alkyl carbamates (subject to hydrolysis) is 1. The van der Waals surface area contributed by atoms with Crippen LogP contribution in [0.15, 0.2) is 30.3 Å². The molecule has 100 valence electrons. The van der Waals surface area contributed by atoms with Crippen molar-refractivity contribution >= 4 is 27.2 Å². The van der Waals surface area contributed by atoms with Crippen LogP contribution in [0.25, 0.3) is 0 Å². The average Bonchev–Trinajstić information content (AvgIpc) is 2.25. The van der Waals surface area contributed by atoms with E-state index in [9.17, 15) is 9.35 Å². The van der Waals surface area contributed by atoms with E-state index in [0.717, 1.165) is 5.56 Å². The van der Waals surface area contributed by atoms with Crippen molar-refractivity contribution in [3.63, 3.8) is 0 Å². The first kappa shape index (κ1) is 15.1. The molecular formula is C12H16ClNO3S. The molecule has 0 heterocycles. The van der Waals surface area contributed by atoms with Crippen LogP contribution in [0.1, 0.15) is 19.4 Å². The summed E-state index contributed by atoms with van der Waals surface area (Å²) in [7, 11) is 3.91. The topological polar surface area (TPSA) is 61.4 Å². The molecule has 1 unspecified atom stereocenters. The van der Waals surface area contributed by atoms with Gasteiger partial charge in [-0.15, -0.1) is 0 Å². The van der Waals surface area contributed by atoms with Gasteiger partial charge in [0, 0.05) is 0 Å². The van der Waals surface area contributed by atoms with Crippen molar-refractivity contribution in [3.8, 4) is 0 Å². The maximum Gasteiger partial charge on any atom is 0.408 e. The fourth-order valence-corrected chi connectivity index (χ4v) is 2.81. The summed E-state index contributed by atoms with van der Waals surface area (Å²) in [6.07, 6.45) is -0.550. The van der Waals surface area contributed by atoms with Crippen molar-refractivity contribution in [1.29, 1.82) is 0 Å². The number of carbonyl (C=O) groups is 1. The van der Waals surface area contributed by atoms with Crippen LogP contribution in [0.4, 0.5) is 4.79 Å². The summed E-state index contributed by atoms with van der Waals surface area (Å²) in [6.45, 7) is 3.67. The summed E-state index contributed by atoms with van der Waals surface area (Å²) in [5.41, 5.74) is 0.242. The minimum atomic E-state index is -1.49. The second-order valence-corrected chi connectivity index (χ2v) is 6.41. The predicted octanol–water partition coefficient (Wildman–Crippen LogP) is 2.59. The van der Waals surface area contributed by atoms with Gasteiger partial charge in [0.25, 0.3) is 0 Å². The van der Waals surface area contributed by atoms with Crippen LogP contribution in [0, 0.1) is 0 Å². The number of amides is 1. The summed E-state index contributed by atoms with van der Waals surface area (Å²) >= 11 is 0. The number of rotatable bonds is 5. The molecule has 1 N–H and O–H groups in total. The average molecular weight is 290 g/mol. The van der Waals surface area contributed by atoms with E-state index < -0.39 is 22.0 Å². The fraction of sp³-hybridized carbons (Fsp3) is 0.417. The van der Waals surface area contributed by atoms with Crippen LogP contribution in [-0.2, 0) is 21.7 Å². The van der Waals surface area contributed by atoms with Gasteiger partial charge < -0.3 is 14.6 Å². The Kier molecular flexibility index (Phi) is 5.78. The number of halogens is 1. The Morgan fingerprint density at radius 2 is 2.06 bits per heavy atom. The molecule has 0 bridgehead atoms. The smallest absolute Gasteiger partial charge is 0.408 e. The van der Waals surface area contributed by atoms with Crippen LogP contribution in [-0.4, -0.2) is 21.9 Å². The minimum absolute atomic E-state index is 0.162. The number of hydrogen-bond acceptors (Lipinski definition) is 3. The van der Waals surface area contributed by atoms with Gasteiger partial charge in [0.05, 0.1) is 15.9 Å². The number of hydrogen-bond donors (Lipinski definition) is 1. The van der Waals surface area contributed by atoms with E-state index in [0.29, 0.717) is 0 Å². The van der Waals surface area contributed by atoms with Gasteiger partial charge in [0.2, 0.25) is 0 Å². The lowest BCUT2D eigenvalue weighted by atomic mass is 10.1. The molecule has 0 fully saturated rings. The summed E-state index contributed by atoms with van der Waals surface area (Å²) in [5, 5.41) is 2.62. The quantitative estimate of drug-likeness (QED) is 0.848. The largest absolute Gasteiger partial charge is 0.599 e. The highest BCUT2D eigenvalue weighted by Gasteiger charge is 2.27. The zero-order chi connectivity index (χ0) is 13.6. The summed E-state index contributed by atoms with van der Waals surface area (Å²) in [6, 6.07) is 9.37. The standard InChI is InChI=1S/C12H16ClNO3S/c1-12(2,9-18(13)16)14-11(15)17-8-10-6-4-3-5-7-10/h3-7H,8-9H2,1-2H3,(H,14,15). The minimum Gasteiger partial charge on any atom is -0.599 e. The highest BCUT2D eigenvalue weighted by atomic mass is 35.7. The van der Waals surface area contributed by atoms with E-state index >= 15 is 0 Å². The van der Waals surface area contributed by atoms with Gasteiger partial charge in [0.15, 0.2) is 10.7 Å². The maximum absolute atomic E-state index is 11.5. The monoisotopic (exact) mass is 289 g/mol. The molecule has 0 saturated heterocycles. The molecule has 0 aromatic heterocycles. The van der Waals surface area contributed by atoms with E-state index in [1.165, 1.54) is 0 Å². The van der Waals surface area contributed by atoms with Crippen LogP contribution in [0.2, 0.25) is 0 Å². The highest BCUT2D eigenvalue weighted by molar-refractivity contribution is 8.13. The Morgan fingerprint density at radius 3 is 2.61 bits per heavy atom. The van der Waals surface area contributed by atoms with Gasteiger partial charge in [0.1, 0.15) is 12.4 Å². The summed E-state index contributed by atoms with van der Waals surface area (Å²) in [4.78, 5) is 11.5. The molecule has 1 atom stereocenters. The van der Waals surface area contributed by atoms with Gasteiger partial charge in [-0.3, -0.25) is 0 Å². The molecule has 6 heteroatoms. The Hall–Kier alpha value is -0.910. The lowest BCUT2D eigenvalue weighted by molar-refractivity contribution is 0.131. The lowest BCUT2D eigenvalue weighted by Crippen LogP contribution is -2.47. The van der Waals surface area contributed by atoms with Crippen molar-refractivity contribution in [2.24, 2.45) is 0 Å². The SMILES string of the molecule is CC(C)(C[S+]([O-])Cl)NC(=O)OCc1ccccc1. The van der Waals surface area contributed by atoms with Crippen LogP contribution in [0.5, 0.6) is 0 Å². The van der Waals surface area contributed by atoms with Crippen molar-refractivity contribution in [2.45, 2.75) is 26.0 Å². The second-order valence-electron chi connectivity index (χ2n) is 4.50. The molecule has 1 amide bonds. The van der Waals surface area contributed by atoms with Gasteiger partial charge >= 0.3 is 6.09 Å².